The molecular formula is C22H14N8. The number of imidazole rings is 1. The van der Waals surface area contributed by atoms with Crippen molar-refractivity contribution in [2.45, 2.75) is 0 Å². The Balaban J connectivity index is 1.52. The fourth-order valence-corrected chi connectivity index (χ4v) is 3.54. The Labute approximate surface area is 170 Å². The Hall–Kier alpha value is -4.46. The van der Waals surface area contributed by atoms with Gasteiger partial charge in [-0.15, -0.1) is 0 Å². The van der Waals surface area contributed by atoms with Gasteiger partial charge in [-0.3, -0.25) is 25.0 Å². The summed E-state index contributed by atoms with van der Waals surface area (Å²) >= 11 is 0. The average molecular weight is 390 g/mol. The number of aromatic amines is 2. The minimum atomic E-state index is 0.665. The van der Waals surface area contributed by atoms with E-state index in [0.717, 1.165) is 50.1 Å². The summed E-state index contributed by atoms with van der Waals surface area (Å²) < 4.78 is 0. The molecule has 0 saturated heterocycles. The molecule has 0 spiro atoms. The van der Waals surface area contributed by atoms with Crippen LogP contribution in [-0.4, -0.2) is 40.1 Å². The Morgan fingerprint density at radius 2 is 1.70 bits per heavy atom. The maximum absolute atomic E-state index is 4.85. The second-order valence-corrected chi connectivity index (χ2v) is 6.81. The topological polar surface area (TPSA) is 109 Å². The summed E-state index contributed by atoms with van der Waals surface area (Å²) in [5, 5.41) is 8.45. The SMILES string of the molecule is c1ccc(-c2cc3c(-c4nc5c(-c6ccncc6)cncc5[nH]4)n[nH]c3cn2)nc1. The molecule has 8 nitrogen and oxygen atoms in total. The standard InChI is InChI=1S/C22H14N8/c1-2-6-25-16(3-1)17-9-14-18(12-26-17)29-30-21(14)22-27-19-11-24-10-15(20(19)28-22)13-4-7-23-8-5-13/h1-12H,(H,27,28)(H,29,30). The first kappa shape index (κ1) is 16.5. The Bertz CT molecular complexity index is 1490. The molecule has 0 fully saturated rings. The average Bonchev–Trinajstić information content (AvgIpc) is 3.43. The number of fused-ring (bicyclic) bond motifs is 2. The van der Waals surface area contributed by atoms with Crippen LogP contribution in [0.15, 0.2) is 73.6 Å². The number of hydrogen-bond donors (Lipinski definition) is 2. The van der Waals surface area contributed by atoms with Gasteiger partial charge < -0.3 is 4.98 Å². The summed E-state index contributed by atoms with van der Waals surface area (Å²) in [7, 11) is 0. The van der Waals surface area contributed by atoms with Gasteiger partial charge in [-0.25, -0.2) is 4.98 Å². The van der Waals surface area contributed by atoms with Gasteiger partial charge in [0.25, 0.3) is 0 Å². The third-order valence-electron chi connectivity index (χ3n) is 4.98. The largest absolute Gasteiger partial charge is 0.335 e. The van der Waals surface area contributed by atoms with E-state index in [1.165, 1.54) is 0 Å². The van der Waals surface area contributed by atoms with Crippen LogP contribution in [0, 0.1) is 0 Å². The predicted molar refractivity (Wildman–Crippen MR) is 113 cm³/mol. The molecule has 0 amide bonds. The number of nitrogens with zero attached hydrogens (tertiary/aromatic N) is 6. The van der Waals surface area contributed by atoms with Crippen molar-refractivity contribution in [3.05, 3.63) is 73.6 Å². The lowest BCUT2D eigenvalue weighted by atomic mass is 10.1. The van der Waals surface area contributed by atoms with Crippen LogP contribution in [0.4, 0.5) is 0 Å². The van der Waals surface area contributed by atoms with E-state index >= 15 is 0 Å². The normalized spacial score (nSPS) is 11.3. The van der Waals surface area contributed by atoms with Crippen LogP contribution in [0.3, 0.4) is 0 Å². The van der Waals surface area contributed by atoms with Gasteiger partial charge in [0, 0.05) is 35.7 Å². The molecule has 0 unspecified atom stereocenters. The highest BCUT2D eigenvalue weighted by atomic mass is 15.1. The van der Waals surface area contributed by atoms with Crippen molar-refractivity contribution in [2.24, 2.45) is 0 Å². The van der Waals surface area contributed by atoms with Crippen molar-refractivity contribution in [2.75, 3.05) is 0 Å². The smallest absolute Gasteiger partial charge is 0.159 e. The summed E-state index contributed by atoms with van der Waals surface area (Å²) in [5.41, 5.74) is 6.76. The molecule has 0 atom stereocenters. The lowest BCUT2D eigenvalue weighted by Gasteiger charge is -2.00. The van der Waals surface area contributed by atoms with Gasteiger partial charge >= 0.3 is 0 Å². The zero-order valence-corrected chi connectivity index (χ0v) is 15.6. The fourth-order valence-electron chi connectivity index (χ4n) is 3.54. The van der Waals surface area contributed by atoms with Crippen LogP contribution in [0.2, 0.25) is 0 Å². The van der Waals surface area contributed by atoms with Gasteiger partial charge in [-0.1, -0.05) is 6.07 Å². The predicted octanol–water partition coefficient (Wildman–Crippen LogP) is 4.02. The van der Waals surface area contributed by atoms with Crippen molar-refractivity contribution < 1.29 is 0 Å². The molecule has 6 aromatic heterocycles. The summed E-state index contributed by atoms with van der Waals surface area (Å²) in [5.74, 6) is 0.665. The van der Waals surface area contributed by atoms with Gasteiger partial charge in [0.15, 0.2) is 5.82 Å². The van der Waals surface area contributed by atoms with E-state index in [0.29, 0.717) is 5.82 Å². The third-order valence-corrected chi connectivity index (χ3v) is 4.98. The number of hydrogen-bond acceptors (Lipinski definition) is 6. The first-order valence-electron chi connectivity index (χ1n) is 9.37. The van der Waals surface area contributed by atoms with E-state index in [1.54, 1.807) is 31.0 Å². The third kappa shape index (κ3) is 2.62. The molecule has 0 radical (unpaired) electrons. The van der Waals surface area contributed by atoms with E-state index in [9.17, 15) is 0 Å². The van der Waals surface area contributed by atoms with Crippen molar-refractivity contribution in [3.63, 3.8) is 0 Å². The first-order chi connectivity index (χ1) is 14.9. The molecule has 142 valence electrons. The molecule has 8 heteroatoms. The molecule has 6 rings (SSSR count). The molecule has 2 N–H and O–H groups in total. The number of H-pyrrole nitrogens is 2. The lowest BCUT2D eigenvalue weighted by molar-refractivity contribution is 1.10. The zero-order chi connectivity index (χ0) is 19.9. The van der Waals surface area contributed by atoms with Crippen molar-refractivity contribution in [1.29, 1.82) is 0 Å². The molecule has 0 aliphatic heterocycles. The van der Waals surface area contributed by atoms with Crippen LogP contribution in [0.25, 0.3) is 56.0 Å². The molecule has 0 aliphatic carbocycles. The molecule has 6 heterocycles. The molecule has 30 heavy (non-hydrogen) atoms. The van der Waals surface area contributed by atoms with Gasteiger partial charge in [0.1, 0.15) is 5.69 Å². The van der Waals surface area contributed by atoms with Crippen LogP contribution >= 0.6 is 0 Å². The van der Waals surface area contributed by atoms with Gasteiger partial charge in [0.2, 0.25) is 0 Å². The molecule has 0 bridgehead atoms. The summed E-state index contributed by atoms with van der Waals surface area (Å²) in [4.78, 5) is 25.5. The van der Waals surface area contributed by atoms with Gasteiger partial charge in [0.05, 0.1) is 40.3 Å². The van der Waals surface area contributed by atoms with Crippen LogP contribution in [-0.2, 0) is 0 Å². The van der Waals surface area contributed by atoms with E-state index in [2.05, 4.69) is 35.1 Å². The maximum Gasteiger partial charge on any atom is 0.159 e. The lowest BCUT2D eigenvalue weighted by Crippen LogP contribution is -1.87. The second kappa shape index (κ2) is 6.56. The highest BCUT2D eigenvalue weighted by molar-refractivity contribution is 5.97. The van der Waals surface area contributed by atoms with Crippen molar-refractivity contribution in [3.8, 4) is 34.0 Å². The minimum absolute atomic E-state index is 0.665. The van der Waals surface area contributed by atoms with Crippen molar-refractivity contribution >= 4 is 21.9 Å². The Morgan fingerprint density at radius 1 is 0.767 bits per heavy atom. The van der Waals surface area contributed by atoms with Crippen LogP contribution in [0.5, 0.6) is 0 Å². The Morgan fingerprint density at radius 3 is 2.57 bits per heavy atom. The minimum Gasteiger partial charge on any atom is -0.335 e. The summed E-state index contributed by atoms with van der Waals surface area (Å²) in [6.45, 7) is 0. The second-order valence-electron chi connectivity index (χ2n) is 6.81. The maximum atomic E-state index is 4.85. The van der Waals surface area contributed by atoms with Crippen LogP contribution in [0.1, 0.15) is 0 Å². The van der Waals surface area contributed by atoms with Gasteiger partial charge in [-0.05, 0) is 35.9 Å². The molecule has 6 aromatic rings. The van der Waals surface area contributed by atoms with E-state index in [1.807, 2.05) is 42.6 Å². The Kier molecular flexibility index (Phi) is 3.60. The fraction of sp³-hybridized carbons (Fsp3) is 0. The van der Waals surface area contributed by atoms with E-state index in [-0.39, 0.29) is 0 Å². The summed E-state index contributed by atoms with van der Waals surface area (Å²) in [6, 6.07) is 11.6. The molecule has 0 aromatic carbocycles. The monoisotopic (exact) mass is 390 g/mol. The van der Waals surface area contributed by atoms with Crippen molar-refractivity contribution in [1.82, 2.24) is 40.1 Å². The number of rotatable bonds is 3. The van der Waals surface area contributed by atoms with Crippen LogP contribution < -0.4 is 0 Å². The highest BCUT2D eigenvalue weighted by Gasteiger charge is 2.16. The zero-order valence-electron chi connectivity index (χ0n) is 15.6. The molecular weight excluding hydrogens is 376 g/mol. The summed E-state index contributed by atoms with van der Waals surface area (Å²) in [6.07, 6.45) is 10.6. The molecule has 0 saturated carbocycles. The highest BCUT2D eigenvalue weighted by Crippen LogP contribution is 2.31. The quantitative estimate of drug-likeness (QED) is 0.472. The first-order valence-corrected chi connectivity index (χ1v) is 9.37. The van der Waals surface area contributed by atoms with Gasteiger partial charge in [-0.2, -0.15) is 5.10 Å². The number of nitrogens with one attached hydrogen (secondary N) is 2. The molecule has 0 aliphatic rings. The van der Waals surface area contributed by atoms with E-state index in [4.69, 9.17) is 4.98 Å². The van der Waals surface area contributed by atoms with E-state index < -0.39 is 0 Å². The number of aromatic nitrogens is 8. The number of pyridine rings is 4.